The number of phosphoric acid groups is 3. The molecule has 7 N–H and O–H groups in total. The molecular weight excluding hydrogens is 537 g/mol. The summed E-state index contributed by atoms with van der Waals surface area (Å²) in [5.41, 5.74) is 6.69. The van der Waals surface area contributed by atoms with Crippen LogP contribution in [0.15, 0.2) is 6.33 Å². The maximum atomic E-state index is 11.9. The molecule has 2 unspecified atom stereocenters. The number of ether oxygens (including phenoxy) is 2. The molecule has 0 bridgehead atoms. The average Bonchev–Trinajstić information content (AvgIpc) is 3.44. The van der Waals surface area contributed by atoms with Gasteiger partial charge in [0.25, 0.3) is 0 Å². The summed E-state index contributed by atoms with van der Waals surface area (Å²) in [5.74, 6) is 0.504. The zero-order valence-electron chi connectivity index (χ0n) is 17.8. The van der Waals surface area contributed by atoms with E-state index in [2.05, 4.69) is 33.4 Å². The summed E-state index contributed by atoms with van der Waals surface area (Å²) < 4.78 is 58.2. The predicted octanol–water partition coefficient (Wildman–Crippen LogP) is 0.978. The van der Waals surface area contributed by atoms with E-state index in [4.69, 9.17) is 25.0 Å². The highest BCUT2D eigenvalue weighted by Gasteiger charge is 2.41. The van der Waals surface area contributed by atoms with Crippen LogP contribution in [0.2, 0.25) is 0 Å². The summed E-state index contributed by atoms with van der Waals surface area (Å²) in [4.78, 5) is 48.6. The second-order valence-electron chi connectivity index (χ2n) is 7.62. The van der Waals surface area contributed by atoms with Crippen LogP contribution >= 0.6 is 23.5 Å². The second kappa shape index (κ2) is 10.1. The third-order valence-corrected chi connectivity index (χ3v) is 8.77. The van der Waals surface area contributed by atoms with E-state index in [0.717, 1.165) is 25.7 Å². The van der Waals surface area contributed by atoms with E-state index in [9.17, 15) is 23.5 Å². The Labute approximate surface area is 197 Å². The first-order valence-corrected chi connectivity index (χ1v) is 14.6. The smallest absolute Gasteiger partial charge is 0.368 e. The van der Waals surface area contributed by atoms with Gasteiger partial charge in [0.05, 0.1) is 12.9 Å². The van der Waals surface area contributed by atoms with Crippen molar-refractivity contribution in [2.75, 3.05) is 24.3 Å². The highest BCUT2D eigenvalue weighted by Crippen LogP contribution is 2.66. The van der Waals surface area contributed by atoms with Crippen LogP contribution in [0.3, 0.4) is 0 Å². The highest BCUT2D eigenvalue weighted by molar-refractivity contribution is 7.66. The van der Waals surface area contributed by atoms with E-state index >= 15 is 0 Å². The molecular formula is C14H23N6O12P3. The molecule has 3 heterocycles. The maximum Gasteiger partial charge on any atom is 0.490 e. The Hall–Kier alpha value is -1.52. The normalized spacial score (nSPS) is 25.0. The molecule has 0 spiro atoms. The summed E-state index contributed by atoms with van der Waals surface area (Å²) >= 11 is 0. The minimum Gasteiger partial charge on any atom is -0.368 e. The molecule has 1 saturated carbocycles. The van der Waals surface area contributed by atoms with E-state index < -0.39 is 42.6 Å². The fourth-order valence-corrected chi connectivity index (χ4v) is 6.65. The molecule has 2 fully saturated rings. The van der Waals surface area contributed by atoms with Gasteiger partial charge >= 0.3 is 23.5 Å². The van der Waals surface area contributed by atoms with E-state index in [1.165, 1.54) is 10.9 Å². The summed E-state index contributed by atoms with van der Waals surface area (Å²) in [5, 5.41) is 3.33. The Morgan fingerprint density at radius 1 is 1.11 bits per heavy atom. The SMILES string of the molecule is Nc1nc(NC2CCCC2)c2ncn([C@H]3CO[C@@H](COP(=O)(O)OP(=O)(O)OP(=O)(O)O)O3)c2n1. The van der Waals surface area contributed by atoms with Crippen LogP contribution in [-0.4, -0.2) is 64.6 Å². The molecule has 2 aliphatic rings. The zero-order valence-corrected chi connectivity index (χ0v) is 20.5. The Morgan fingerprint density at radius 2 is 1.83 bits per heavy atom. The highest BCUT2D eigenvalue weighted by atomic mass is 31.3. The van der Waals surface area contributed by atoms with Crippen molar-refractivity contribution in [3.05, 3.63) is 6.33 Å². The van der Waals surface area contributed by atoms with Gasteiger partial charge in [-0.05, 0) is 12.8 Å². The van der Waals surface area contributed by atoms with Crippen LogP contribution in [0.4, 0.5) is 11.8 Å². The van der Waals surface area contributed by atoms with Gasteiger partial charge in [-0.3, -0.25) is 9.09 Å². The lowest BCUT2D eigenvalue weighted by molar-refractivity contribution is -0.0961. The lowest BCUT2D eigenvalue weighted by atomic mass is 10.2. The molecule has 2 aromatic heterocycles. The number of nitrogens with zero attached hydrogens (tertiary/aromatic N) is 4. The topological polar surface area (TPSA) is 260 Å². The molecule has 4 rings (SSSR count). The number of fused-ring (bicyclic) bond motifs is 1. The van der Waals surface area contributed by atoms with Crippen molar-refractivity contribution in [3.8, 4) is 0 Å². The van der Waals surface area contributed by atoms with Crippen molar-refractivity contribution < 1.29 is 55.9 Å². The fraction of sp³-hybridized carbons (Fsp3) is 0.643. The van der Waals surface area contributed by atoms with Crippen molar-refractivity contribution in [3.63, 3.8) is 0 Å². The quantitative estimate of drug-likeness (QED) is 0.221. The van der Waals surface area contributed by atoms with Crippen LogP contribution in [0, 0.1) is 0 Å². The van der Waals surface area contributed by atoms with Gasteiger partial charge in [0, 0.05) is 6.04 Å². The minimum absolute atomic E-state index is 0.0165. The van der Waals surface area contributed by atoms with E-state index in [1.54, 1.807) is 0 Å². The number of nitrogens with one attached hydrogen (secondary N) is 1. The number of rotatable bonds is 10. The van der Waals surface area contributed by atoms with E-state index in [0.29, 0.717) is 17.0 Å². The number of aromatic nitrogens is 4. The van der Waals surface area contributed by atoms with Crippen molar-refractivity contribution in [2.24, 2.45) is 0 Å². The molecule has 1 aliphatic heterocycles. The third-order valence-electron chi connectivity index (χ3n) is 4.97. The summed E-state index contributed by atoms with van der Waals surface area (Å²) in [6.07, 6.45) is 3.67. The number of phosphoric ester groups is 1. The Kier molecular flexibility index (Phi) is 7.65. The molecule has 35 heavy (non-hydrogen) atoms. The molecule has 4 atom stereocenters. The standard InChI is InChI=1S/C14H23N6O12P3/c15-14-18-12(17-8-3-1-2-4-8)11-13(19-14)20(7-16-11)9-5-28-10(30-9)6-29-34(24,25)32-35(26,27)31-33(21,22)23/h7-10H,1-6H2,(H,24,25)(H,26,27)(H2,21,22,23)(H3,15,17,18,19)/t9-,10-/m1/s1. The summed E-state index contributed by atoms with van der Waals surface area (Å²) in [7, 11) is -16.4. The van der Waals surface area contributed by atoms with Crippen LogP contribution in [0.25, 0.3) is 11.2 Å². The molecule has 21 heteroatoms. The number of nitrogen functional groups attached to an aromatic ring is 1. The van der Waals surface area contributed by atoms with Gasteiger partial charge in [-0.15, -0.1) is 0 Å². The molecule has 18 nitrogen and oxygen atoms in total. The Morgan fingerprint density at radius 3 is 2.51 bits per heavy atom. The molecule has 1 saturated heterocycles. The van der Waals surface area contributed by atoms with Gasteiger partial charge in [-0.2, -0.15) is 18.6 Å². The van der Waals surface area contributed by atoms with Crippen molar-refractivity contribution in [1.82, 2.24) is 19.5 Å². The van der Waals surface area contributed by atoms with Crippen molar-refractivity contribution in [1.29, 1.82) is 0 Å². The number of anilines is 2. The average molecular weight is 560 g/mol. The van der Waals surface area contributed by atoms with Gasteiger partial charge < -0.3 is 40.1 Å². The number of imidazole rings is 1. The molecule has 2 aromatic rings. The molecule has 1 aliphatic carbocycles. The minimum atomic E-state index is -5.62. The Balaban J connectivity index is 1.39. The molecule has 0 amide bonds. The first-order chi connectivity index (χ1) is 16.3. The van der Waals surface area contributed by atoms with E-state index in [-0.39, 0.29) is 18.6 Å². The van der Waals surface area contributed by atoms with Crippen LogP contribution in [0.5, 0.6) is 0 Å². The lowest BCUT2D eigenvalue weighted by Gasteiger charge is -2.18. The number of hydrogen-bond acceptors (Lipinski definition) is 13. The van der Waals surface area contributed by atoms with Crippen molar-refractivity contribution >= 4 is 46.4 Å². The lowest BCUT2D eigenvalue weighted by Crippen LogP contribution is -2.18. The van der Waals surface area contributed by atoms with E-state index in [1.807, 2.05) is 0 Å². The zero-order chi connectivity index (χ0) is 25.4. The number of nitrogens with two attached hydrogens (primary N) is 1. The molecule has 0 aromatic carbocycles. The van der Waals surface area contributed by atoms with Crippen molar-refractivity contribution in [2.45, 2.75) is 44.2 Å². The van der Waals surface area contributed by atoms with Gasteiger partial charge in [0.15, 0.2) is 29.5 Å². The maximum absolute atomic E-state index is 11.9. The monoisotopic (exact) mass is 560 g/mol. The van der Waals surface area contributed by atoms with Crippen LogP contribution in [0.1, 0.15) is 31.9 Å². The molecule has 196 valence electrons. The first-order valence-electron chi connectivity index (χ1n) is 10.1. The number of hydrogen-bond donors (Lipinski definition) is 6. The summed E-state index contributed by atoms with van der Waals surface area (Å²) in [6, 6.07) is 0.253. The summed E-state index contributed by atoms with van der Waals surface area (Å²) in [6.45, 7) is -0.802. The largest absolute Gasteiger partial charge is 0.490 e. The van der Waals surface area contributed by atoms with Gasteiger partial charge in [0.2, 0.25) is 5.95 Å². The van der Waals surface area contributed by atoms with Crippen LogP contribution < -0.4 is 11.1 Å². The molecule has 0 radical (unpaired) electrons. The van der Waals surface area contributed by atoms with Gasteiger partial charge in [-0.25, -0.2) is 18.7 Å². The van der Waals surface area contributed by atoms with Gasteiger partial charge in [0.1, 0.15) is 6.61 Å². The third kappa shape index (κ3) is 7.04. The van der Waals surface area contributed by atoms with Gasteiger partial charge in [-0.1, -0.05) is 12.8 Å². The Bertz CT molecular complexity index is 1220. The first kappa shape index (κ1) is 26.5. The van der Waals surface area contributed by atoms with Crippen LogP contribution in [-0.2, 0) is 36.3 Å². The predicted molar refractivity (Wildman–Crippen MR) is 115 cm³/mol. The fourth-order valence-electron chi connectivity index (χ4n) is 3.64. The second-order valence-corrected chi connectivity index (χ2v) is 12.0.